The summed E-state index contributed by atoms with van der Waals surface area (Å²) in [5.41, 5.74) is 0. The molecule has 16 heavy (non-hydrogen) atoms. The topological polar surface area (TPSA) is 49.8 Å². The Kier molecular flexibility index (Phi) is 6.42. The fourth-order valence-corrected chi connectivity index (χ4v) is 2.05. The first kappa shape index (κ1) is 13.5. The van der Waals surface area contributed by atoms with E-state index >= 15 is 0 Å². The van der Waals surface area contributed by atoms with Gasteiger partial charge in [-0.15, -0.1) is 0 Å². The molecule has 1 rings (SSSR count). The predicted molar refractivity (Wildman–Crippen MR) is 62.6 cm³/mol. The molecule has 0 radical (unpaired) electrons. The number of aliphatic carboxylic acids is 1. The molecule has 1 atom stereocenters. The van der Waals surface area contributed by atoms with E-state index in [1.807, 2.05) is 0 Å². The normalized spacial score (nSPS) is 21.2. The monoisotopic (exact) mass is 229 g/mol. The van der Waals surface area contributed by atoms with E-state index in [9.17, 15) is 4.79 Å². The third-order valence-corrected chi connectivity index (χ3v) is 2.97. The zero-order valence-electron chi connectivity index (χ0n) is 10.2. The summed E-state index contributed by atoms with van der Waals surface area (Å²) in [7, 11) is 2.08. The van der Waals surface area contributed by atoms with E-state index in [2.05, 4.69) is 11.9 Å². The van der Waals surface area contributed by atoms with Crippen molar-refractivity contribution in [3.05, 3.63) is 0 Å². The zero-order valence-corrected chi connectivity index (χ0v) is 10.2. The van der Waals surface area contributed by atoms with E-state index in [4.69, 9.17) is 9.84 Å². The van der Waals surface area contributed by atoms with Crippen molar-refractivity contribution >= 4 is 5.97 Å². The quantitative estimate of drug-likeness (QED) is 0.676. The smallest absolute Gasteiger partial charge is 0.303 e. The first-order valence-electron chi connectivity index (χ1n) is 6.20. The molecule has 0 spiro atoms. The van der Waals surface area contributed by atoms with E-state index in [-0.39, 0.29) is 6.42 Å². The number of hydrogen-bond acceptors (Lipinski definition) is 3. The molecule has 1 aliphatic rings. The summed E-state index contributed by atoms with van der Waals surface area (Å²) in [6.07, 6.45) is 6.03. The number of rotatable bonds is 7. The minimum absolute atomic E-state index is 0.285. The number of carboxylic acids is 1. The third-order valence-electron chi connectivity index (χ3n) is 2.97. The van der Waals surface area contributed by atoms with Gasteiger partial charge < -0.3 is 14.7 Å². The molecule has 0 aromatic rings. The minimum atomic E-state index is -0.696. The second-order valence-electron chi connectivity index (χ2n) is 4.60. The van der Waals surface area contributed by atoms with Crippen molar-refractivity contribution in [2.24, 2.45) is 0 Å². The van der Waals surface area contributed by atoms with Gasteiger partial charge in [-0.3, -0.25) is 4.79 Å². The lowest BCUT2D eigenvalue weighted by Gasteiger charge is -2.27. The van der Waals surface area contributed by atoms with Gasteiger partial charge in [-0.2, -0.15) is 0 Å². The van der Waals surface area contributed by atoms with E-state index in [1.54, 1.807) is 0 Å². The Hall–Kier alpha value is -0.610. The maximum absolute atomic E-state index is 10.3. The standard InChI is InChI=1S/C12H23NO3/c1-13(8-4-2-7-12(14)15)10-11-6-3-5-9-16-11/h11H,2-10H2,1H3,(H,14,15). The highest BCUT2D eigenvalue weighted by atomic mass is 16.5. The Labute approximate surface area is 97.6 Å². The molecule has 0 saturated carbocycles. The van der Waals surface area contributed by atoms with Gasteiger partial charge in [0.1, 0.15) is 0 Å². The van der Waals surface area contributed by atoms with E-state index in [0.717, 1.165) is 32.5 Å². The number of unbranched alkanes of at least 4 members (excludes halogenated alkanes) is 1. The van der Waals surface area contributed by atoms with Gasteiger partial charge in [0.25, 0.3) is 0 Å². The Bertz CT molecular complexity index is 202. The maximum atomic E-state index is 10.3. The summed E-state index contributed by atoms with van der Waals surface area (Å²) in [6.45, 7) is 2.84. The summed E-state index contributed by atoms with van der Waals surface area (Å²) in [4.78, 5) is 12.6. The largest absolute Gasteiger partial charge is 0.481 e. The molecule has 4 heteroatoms. The first-order valence-corrected chi connectivity index (χ1v) is 6.20. The fourth-order valence-electron chi connectivity index (χ4n) is 2.05. The molecule has 1 unspecified atom stereocenters. The highest BCUT2D eigenvalue weighted by Gasteiger charge is 2.15. The summed E-state index contributed by atoms with van der Waals surface area (Å²) in [5.74, 6) is -0.696. The first-order chi connectivity index (χ1) is 7.68. The van der Waals surface area contributed by atoms with E-state index in [0.29, 0.717) is 6.10 Å². The molecule has 1 fully saturated rings. The summed E-state index contributed by atoms with van der Waals surface area (Å²) in [6, 6.07) is 0. The molecule has 0 aliphatic carbocycles. The van der Waals surface area contributed by atoms with Crippen molar-refractivity contribution in [1.82, 2.24) is 4.90 Å². The molecule has 1 aliphatic heterocycles. The van der Waals surface area contributed by atoms with Gasteiger partial charge in [-0.25, -0.2) is 0 Å². The van der Waals surface area contributed by atoms with Crippen LogP contribution < -0.4 is 0 Å². The van der Waals surface area contributed by atoms with Crippen molar-refractivity contribution in [3.63, 3.8) is 0 Å². The summed E-state index contributed by atoms with van der Waals surface area (Å²) < 4.78 is 5.66. The number of hydrogen-bond donors (Lipinski definition) is 1. The molecule has 0 aromatic heterocycles. The Morgan fingerprint density at radius 1 is 1.44 bits per heavy atom. The van der Waals surface area contributed by atoms with Crippen LogP contribution in [0, 0.1) is 0 Å². The molecule has 1 saturated heterocycles. The Morgan fingerprint density at radius 2 is 2.25 bits per heavy atom. The lowest BCUT2D eigenvalue weighted by molar-refractivity contribution is -0.137. The summed E-state index contributed by atoms with van der Waals surface area (Å²) >= 11 is 0. The molecule has 4 nitrogen and oxygen atoms in total. The predicted octanol–water partition coefficient (Wildman–Crippen LogP) is 1.74. The van der Waals surface area contributed by atoms with Crippen LogP contribution in [0.15, 0.2) is 0 Å². The lowest BCUT2D eigenvalue weighted by Crippen LogP contribution is -2.33. The number of carboxylic acid groups (broad SMARTS) is 1. The van der Waals surface area contributed by atoms with Crippen LogP contribution in [-0.2, 0) is 9.53 Å². The van der Waals surface area contributed by atoms with Crippen molar-refractivity contribution in [2.75, 3.05) is 26.7 Å². The highest BCUT2D eigenvalue weighted by molar-refractivity contribution is 5.66. The number of carbonyl (C=O) groups is 1. The fraction of sp³-hybridized carbons (Fsp3) is 0.917. The highest BCUT2D eigenvalue weighted by Crippen LogP contribution is 2.13. The van der Waals surface area contributed by atoms with E-state index < -0.39 is 5.97 Å². The second kappa shape index (κ2) is 7.63. The molecule has 0 amide bonds. The zero-order chi connectivity index (χ0) is 11.8. The van der Waals surface area contributed by atoms with Crippen LogP contribution in [0.2, 0.25) is 0 Å². The Morgan fingerprint density at radius 3 is 2.88 bits per heavy atom. The van der Waals surface area contributed by atoms with Crippen molar-refractivity contribution in [3.8, 4) is 0 Å². The van der Waals surface area contributed by atoms with Crippen LogP contribution in [-0.4, -0.2) is 48.8 Å². The molecule has 0 bridgehead atoms. The van der Waals surface area contributed by atoms with Crippen LogP contribution >= 0.6 is 0 Å². The van der Waals surface area contributed by atoms with Crippen LogP contribution in [0.25, 0.3) is 0 Å². The number of likely N-dealkylation sites (N-methyl/N-ethyl adjacent to an activating group) is 1. The average Bonchev–Trinajstić information content (AvgIpc) is 2.25. The minimum Gasteiger partial charge on any atom is -0.481 e. The van der Waals surface area contributed by atoms with Crippen LogP contribution in [0.5, 0.6) is 0 Å². The summed E-state index contributed by atoms with van der Waals surface area (Å²) in [5, 5.41) is 8.51. The van der Waals surface area contributed by atoms with Gasteiger partial charge in [0.2, 0.25) is 0 Å². The molecular weight excluding hydrogens is 206 g/mol. The van der Waals surface area contributed by atoms with Crippen LogP contribution in [0.4, 0.5) is 0 Å². The van der Waals surface area contributed by atoms with Crippen LogP contribution in [0.1, 0.15) is 38.5 Å². The van der Waals surface area contributed by atoms with Gasteiger partial charge in [0, 0.05) is 19.6 Å². The molecule has 0 aromatic carbocycles. The lowest BCUT2D eigenvalue weighted by atomic mass is 10.1. The van der Waals surface area contributed by atoms with Crippen molar-refractivity contribution in [1.29, 1.82) is 0 Å². The molecule has 94 valence electrons. The van der Waals surface area contributed by atoms with Crippen molar-refractivity contribution < 1.29 is 14.6 Å². The van der Waals surface area contributed by atoms with Crippen molar-refractivity contribution in [2.45, 2.75) is 44.6 Å². The van der Waals surface area contributed by atoms with Gasteiger partial charge in [0.05, 0.1) is 6.10 Å². The van der Waals surface area contributed by atoms with E-state index in [1.165, 1.54) is 19.3 Å². The SMILES string of the molecule is CN(CCCCC(=O)O)CC1CCCCO1. The molecule has 1 heterocycles. The van der Waals surface area contributed by atoms with Gasteiger partial charge >= 0.3 is 5.97 Å². The maximum Gasteiger partial charge on any atom is 0.303 e. The Balaban J connectivity index is 2.01. The number of nitrogens with zero attached hydrogens (tertiary/aromatic N) is 1. The molecule has 1 N–H and O–H groups in total. The third kappa shape index (κ3) is 6.08. The van der Waals surface area contributed by atoms with Gasteiger partial charge in [-0.1, -0.05) is 0 Å². The van der Waals surface area contributed by atoms with Gasteiger partial charge in [-0.05, 0) is 45.7 Å². The number of ether oxygens (including phenoxy) is 1. The second-order valence-corrected chi connectivity index (χ2v) is 4.60. The average molecular weight is 229 g/mol. The molecular formula is C12H23NO3. The van der Waals surface area contributed by atoms with Crippen LogP contribution in [0.3, 0.4) is 0 Å². The van der Waals surface area contributed by atoms with Gasteiger partial charge in [0.15, 0.2) is 0 Å².